The predicted molar refractivity (Wildman–Crippen MR) is 95.5 cm³/mol. The second-order valence-electron chi connectivity index (χ2n) is 8.45. The van der Waals surface area contributed by atoms with Gasteiger partial charge in [-0.25, -0.2) is 0 Å². The lowest BCUT2D eigenvalue weighted by Gasteiger charge is -2.37. The summed E-state index contributed by atoms with van der Waals surface area (Å²) in [5, 5.41) is 10.8. The van der Waals surface area contributed by atoms with Crippen LogP contribution in [0.25, 0.3) is 0 Å². The number of aliphatic hydroxyl groups is 1. The molecular formula is C22H26O2. The van der Waals surface area contributed by atoms with E-state index in [1.807, 2.05) is 19.9 Å². The molecule has 2 nitrogen and oxygen atoms in total. The lowest BCUT2D eigenvalue weighted by Crippen LogP contribution is -2.34. The molecule has 2 fully saturated rings. The van der Waals surface area contributed by atoms with Gasteiger partial charge in [0.1, 0.15) is 0 Å². The molecule has 126 valence electrons. The Kier molecular flexibility index (Phi) is 3.41. The molecule has 2 saturated carbocycles. The van der Waals surface area contributed by atoms with Gasteiger partial charge in [0.2, 0.25) is 0 Å². The molecule has 1 aromatic rings. The van der Waals surface area contributed by atoms with Crippen molar-refractivity contribution in [2.24, 2.45) is 16.7 Å². The maximum atomic E-state index is 13.1. The summed E-state index contributed by atoms with van der Waals surface area (Å²) in [6.07, 6.45) is 4.13. The monoisotopic (exact) mass is 322 g/mol. The van der Waals surface area contributed by atoms with Crippen LogP contribution in [0.5, 0.6) is 0 Å². The standard InChI is InChI=1S/C22H26O2/c1-14-19(23)16-13-21(2,3)20(24)18(16)17(22(14)11-12-22)10-9-15-7-5-4-6-8-15/h4-8,16,19,23H,1,9-13H2,2-3H3. The van der Waals surface area contributed by atoms with Crippen LogP contribution in [-0.2, 0) is 11.2 Å². The molecule has 1 N–H and O–H groups in total. The third kappa shape index (κ3) is 2.16. The minimum absolute atomic E-state index is 0.0444. The Labute approximate surface area is 144 Å². The number of aliphatic hydroxyl groups excluding tert-OH is 1. The molecule has 2 heteroatoms. The highest BCUT2D eigenvalue weighted by molar-refractivity contribution is 6.04. The van der Waals surface area contributed by atoms with E-state index in [1.54, 1.807) is 0 Å². The Balaban J connectivity index is 1.75. The number of fused-ring (bicyclic) bond motifs is 1. The summed E-state index contributed by atoms with van der Waals surface area (Å²) in [5.74, 6) is 0.213. The Morgan fingerprint density at radius 2 is 1.83 bits per heavy atom. The van der Waals surface area contributed by atoms with Gasteiger partial charge in [-0.2, -0.15) is 0 Å². The van der Waals surface area contributed by atoms with Crippen molar-refractivity contribution in [2.45, 2.75) is 52.1 Å². The molecule has 0 saturated heterocycles. The Morgan fingerprint density at radius 3 is 2.46 bits per heavy atom. The van der Waals surface area contributed by atoms with Crippen LogP contribution in [0.4, 0.5) is 0 Å². The summed E-state index contributed by atoms with van der Waals surface area (Å²) in [5.41, 5.74) is 4.07. The van der Waals surface area contributed by atoms with Crippen LogP contribution in [0.2, 0.25) is 0 Å². The van der Waals surface area contributed by atoms with E-state index >= 15 is 0 Å². The first-order chi connectivity index (χ1) is 11.4. The maximum absolute atomic E-state index is 13.1. The first-order valence-corrected chi connectivity index (χ1v) is 9.06. The van der Waals surface area contributed by atoms with E-state index in [0.717, 1.165) is 43.3 Å². The summed E-state index contributed by atoms with van der Waals surface area (Å²) >= 11 is 0. The fraction of sp³-hybridized carbons (Fsp3) is 0.500. The van der Waals surface area contributed by atoms with Gasteiger partial charge in [0.25, 0.3) is 0 Å². The van der Waals surface area contributed by atoms with Crippen molar-refractivity contribution in [3.05, 3.63) is 59.2 Å². The van der Waals surface area contributed by atoms with Crippen molar-refractivity contribution in [2.75, 3.05) is 0 Å². The summed E-state index contributed by atoms with van der Waals surface area (Å²) in [6, 6.07) is 10.5. The van der Waals surface area contributed by atoms with Crippen molar-refractivity contribution in [1.29, 1.82) is 0 Å². The molecule has 4 rings (SSSR count). The SMILES string of the molecule is C=C1C(O)C2CC(C)(C)C(=O)C2=C(CCc2ccccc2)C12CC2. The van der Waals surface area contributed by atoms with Crippen LogP contribution in [0.15, 0.2) is 53.6 Å². The molecule has 3 aliphatic rings. The molecule has 1 spiro atoms. The highest BCUT2D eigenvalue weighted by Gasteiger charge is 2.60. The summed E-state index contributed by atoms with van der Waals surface area (Å²) < 4.78 is 0. The molecular weight excluding hydrogens is 296 g/mol. The summed E-state index contributed by atoms with van der Waals surface area (Å²) in [7, 11) is 0. The smallest absolute Gasteiger partial charge is 0.164 e. The molecule has 3 aliphatic carbocycles. The third-order valence-corrected chi connectivity index (χ3v) is 6.47. The molecule has 2 unspecified atom stereocenters. The van der Waals surface area contributed by atoms with Gasteiger partial charge in [-0.05, 0) is 43.2 Å². The molecule has 0 bridgehead atoms. The minimum atomic E-state index is -0.547. The fourth-order valence-corrected chi connectivity index (χ4v) is 4.92. The van der Waals surface area contributed by atoms with E-state index in [2.05, 4.69) is 30.8 Å². The number of carbonyl (C=O) groups excluding carboxylic acids is 1. The molecule has 0 amide bonds. The molecule has 1 aromatic carbocycles. The predicted octanol–water partition coefficient (Wildman–Crippen LogP) is 4.24. The maximum Gasteiger partial charge on any atom is 0.164 e. The topological polar surface area (TPSA) is 37.3 Å². The number of hydrogen-bond acceptors (Lipinski definition) is 2. The zero-order valence-electron chi connectivity index (χ0n) is 14.6. The van der Waals surface area contributed by atoms with E-state index in [1.165, 1.54) is 11.1 Å². The molecule has 24 heavy (non-hydrogen) atoms. The van der Waals surface area contributed by atoms with Gasteiger partial charge >= 0.3 is 0 Å². The van der Waals surface area contributed by atoms with Gasteiger partial charge < -0.3 is 5.11 Å². The zero-order valence-corrected chi connectivity index (χ0v) is 14.6. The van der Waals surface area contributed by atoms with Gasteiger partial charge in [0, 0.05) is 22.3 Å². The third-order valence-electron chi connectivity index (χ3n) is 6.47. The Morgan fingerprint density at radius 1 is 1.17 bits per heavy atom. The lowest BCUT2D eigenvalue weighted by molar-refractivity contribution is -0.121. The van der Waals surface area contributed by atoms with Crippen LogP contribution in [0.1, 0.15) is 45.1 Å². The summed E-state index contributed by atoms with van der Waals surface area (Å²) in [6.45, 7) is 8.29. The normalized spacial score (nSPS) is 30.0. The number of ketones is 1. The molecule has 2 atom stereocenters. The van der Waals surface area contributed by atoms with Crippen LogP contribution in [0.3, 0.4) is 0 Å². The number of Topliss-reactive ketones (excluding diaryl/α,β-unsaturated/α-hetero) is 1. The minimum Gasteiger partial charge on any atom is -0.388 e. The van der Waals surface area contributed by atoms with E-state index in [0.29, 0.717) is 0 Å². The van der Waals surface area contributed by atoms with Gasteiger partial charge in [-0.3, -0.25) is 4.79 Å². The molecule has 0 aromatic heterocycles. The quantitative estimate of drug-likeness (QED) is 0.845. The zero-order chi connectivity index (χ0) is 17.1. The Hall–Kier alpha value is -1.67. The van der Waals surface area contributed by atoms with E-state index in [9.17, 15) is 9.90 Å². The van der Waals surface area contributed by atoms with Gasteiger partial charge in [0.05, 0.1) is 6.10 Å². The van der Waals surface area contributed by atoms with Crippen molar-refractivity contribution < 1.29 is 9.90 Å². The van der Waals surface area contributed by atoms with Crippen LogP contribution < -0.4 is 0 Å². The highest BCUT2D eigenvalue weighted by atomic mass is 16.3. The average Bonchev–Trinajstić information content (AvgIpc) is 3.32. The van der Waals surface area contributed by atoms with Crippen molar-refractivity contribution in [1.82, 2.24) is 0 Å². The lowest BCUT2D eigenvalue weighted by atomic mass is 9.69. The van der Waals surface area contributed by atoms with Gasteiger partial charge in [-0.1, -0.05) is 56.3 Å². The van der Waals surface area contributed by atoms with E-state index in [4.69, 9.17) is 0 Å². The van der Waals surface area contributed by atoms with Crippen molar-refractivity contribution >= 4 is 5.78 Å². The van der Waals surface area contributed by atoms with Gasteiger partial charge in [0.15, 0.2) is 5.78 Å². The second kappa shape index (κ2) is 5.16. The number of aryl methyl sites for hydroxylation is 1. The summed E-state index contributed by atoms with van der Waals surface area (Å²) in [4.78, 5) is 13.1. The van der Waals surface area contributed by atoms with E-state index < -0.39 is 6.10 Å². The Bertz CT molecular complexity index is 734. The van der Waals surface area contributed by atoms with Crippen LogP contribution in [0, 0.1) is 16.7 Å². The molecule has 0 radical (unpaired) electrons. The fourth-order valence-electron chi connectivity index (χ4n) is 4.92. The first kappa shape index (κ1) is 15.8. The molecule has 0 heterocycles. The largest absolute Gasteiger partial charge is 0.388 e. The van der Waals surface area contributed by atoms with Gasteiger partial charge in [-0.15, -0.1) is 0 Å². The number of benzene rings is 1. The van der Waals surface area contributed by atoms with Crippen molar-refractivity contribution in [3.63, 3.8) is 0 Å². The van der Waals surface area contributed by atoms with Crippen molar-refractivity contribution in [3.8, 4) is 0 Å². The van der Waals surface area contributed by atoms with E-state index in [-0.39, 0.29) is 22.5 Å². The van der Waals surface area contributed by atoms with Crippen LogP contribution in [-0.4, -0.2) is 17.0 Å². The highest BCUT2D eigenvalue weighted by Crippen LogP contribution is 2.66. The van der Waals surface area contributed by atoms with Crippen LogP contribution >= 0.6 is 0 Å². The number of rotatable bonds is 3. The molecule has 0 aliphatic heterocycles. The number of hydrogen-bond donors (Lipinski definition) is 1. The second-order valence-corrected chi connectivity index (χ2v) is 8.45. The first-order valence-electron chi connectivity index (χ1n) is 9.06. The average molecular weight is 322 g/mol. The number of allylic oxidation sites excluding steroid dienone is 1. The number of carbonyl (C=O) groups is 1.